The van der Waals surface area contributed by atoms with Gasteiger partial charge in [-0.3, -0.25) is 4.90 Å². The van der Waals surface area contributed by atoms with Gasteiger partial charge in [-0.2, -0.15) is 27.0 Å². The second-order valence-electron chi connectivity index (χ2n) is 5.39. The minimum absolute atomic E-state index is 0. The zero-order valence-electron chi connectivity index (χ0n) is 13.1. The van der Waals surface area contributed by atoms with Crippen molar-refractivity contribution in [2.45, 2.75) is 37.5 Å². The zero-order chi connectivity index (χ0) is 13.7. The lowest BCUT2D eigenvalue weighted by Crippen LogP contribution is -2.46. The average Bonchev–Trinajstić information content (AvgIpc) is 2.87. The minimum atomic E-state index is -0.549. The second kappa shape index (κ2) is 14.7. The first kappa shape index (κ1) is 28.2. The molecule has 138 valence electrons. The number of aliphatic hydroxyl groups excluding tert-OH is 2. The molecular formula is C15H30Cl2N2O2S2. The first-order valence-electron chi connectivity index (χ1n) is 7.03. The predicted octanol–water partition coefficient (Wildman–Crippen LogP) is 1.44. The van der Waals surface area contributed by atoms with Gasteiger partial charge in [-0.15, -0.1) is 24.8 Å². The predicted molar refractivity (Wildman–Crippen MR) is 111 cm³/mol. The van der Waals surface area contributed by atoms with E-state index in [0.717, 1.165) is 24.9 Å². The highest BCUT2D eigenvalue weighted by Gasteiger charge is 2.27. The summed E-state index contributed by atoms with van der Waals surface area (Å²) < 4.78 is 0. The van der Waals surface area contributed by atoms with E-state index in [0.29, 0.717) is 13.0 Å². The van der Waals surface area contributed by atoms with E-state index in [-0.39, 0.29) is 70.5 Å². The molecule has 0 aromatic heterocycles. The summed E-state index contributed by atoms with van der Waals surface area (Å²) in [5.74, 6) is 0. The molecule has 0 bridgehead atoms. The van der Waals surface area contributed by atoms with Crippen LogP contribution in [0.5, 0.6) is 0 Å². The number of benzene rings is 1. The van der Waals surface area contributed by atoms with Crippen LogP contribution in [0, 0.1) is 0 Å². The number of hydrogen-bond acceptors (Lipinski definition) is 4. The maximum absolute atomic E-state index is 10.2. The lowest BCUT2D eigenvalue weighted by Gasteiger charge is -2.28. The number of likely N-dealkylation sites (tertiary alicyclic amines) is 1. The average molecular weight is 405 g/mol. The van der Waals surface area contributed by atoms with Crippen molar-refractivity contribution in [3.8, 4) is 0 Å². The van der Waals surface area contributed by atoms with Gasteiger partial charge in [0.15, 0.2) is 0 Å². The van der Waals surface area contributed by atoms with Crippen molar-refractivity contribution in [1.82, 2.24) is 4.90 Å². The van der Waals surface area contributed by atoms with E-state index >= 15 is 0 Å². The van der Waals surface area contributed by atoms with Crippen LogP contribution in [0.4, 0.5) is 0 Å². The molecule has 0 aliphatic carbocycles. The first-order valence-corrected chi connectivity index (χ1v) is 7.03. The van der Waals surface area contributed by atoms with Gasteiger partial charge in [-0.25, -0.2) is 0 Å². The summed E-state index contributed by atoms with van der Waals surface area (Å²) >= 11 is 0. The molecule has 1 aliphatic heterocycles. The third-order valence-corrected chi connectivity index (χ3v) is 3.94. The lowest BCUT2D eigenvalue weighted by atomic mass is 10.0. The molecule has 0 unspecified atom stereocenters. The third-order valence-electron chi connectivity index (χ3n) is 3.94. The molecule has 0 saturated carbocycles. The van der Waals surface area contributed by atoms with Gasteiger partial charge < -0.3 is 15.9 Å². The smallest absolute Gasteiger partial charge is 0.0821 e. The van der Waals surface area contributed by atoms with Crippen LogP contribution in [0.3, 0.4) is 0 Å². The molecule has 0 radical (unpaired) electrons. The summed E-state index contributed by atoms with van der Waals surface area (Å²) in [7, 11) is 0. The van der Waals surface area contributed by atoms with E-state index in [9.17, 15) is 10.2 Å². The van der Waals surface area contributed by atoms with Crippen LogP contribution in [0.1, 0.15) is 18.4 Å². The van der Waals surface area contributed by atoms with Crippen LogP contribution < -0.4 is 5.73 Å². The molecule has 2 rings (SSSR count). The van der Waals surface area contributed by atoms with Gasteiger partial charge >= 0.3 is 0 Å². The van der Waals surface area contributed by atoms with Crippen LogP contribution in [0.15, 0.2) is 30.3 Å². The van der Waals surface area contributed by atoms with Crippen LogP contribution in [0.2, 0.25) is 0 Å². The summed E-state index contributed by atoms with van der Waals surface area (Å²) in [4.78, 5) is 2.15. The Balaban J connectivity index is -0.000001000. The number of aliphatic hydroxyl groups is 2. The normalized spacial score (nSPS) is 19.3. The van der Waals surface area contributed by atoms with Gasteiger partial charge in [0.25, 0.3) is 0 Å². The number of rotatable bonds is 6. The van der Waals surface area contributed by atoms with E-state index in [1.165, 1.54) is 0 Å². The molecule has 1 saturated heterocycles. The molecule has 23 heavy (non-hydrogen) atoms. The Kier molecular flexibility index (Phi) is 18.0. The van der Waals surface area contributed by atoms with Crippen LogP contribution in [-0.4, -0.2) is 53.0 Å². The quantitative estimate of drug-likeness (QED) is 0.670. The molecule has 1 aromatic rings. The largest absolute Gasteiger partial charge is 0.395 e. The maximum Gasteiger partial charge on any atom is 0.0821 e. The molecule has 1 aliphatic rings. The molecule has 4 N–H and O–H groups in total. The standard InChI is InChI=1S/C15H24N2O2.2ClH.2H2S/c16-14(9-12-5-2-1-3-6-12)15(19)10-17-8-4-7-13(17)11-18;;;;/h1-3,5-6,13-15,18-19H,4,7-11,16H2;2*1H;2*1H2/t13-,14+,15-;;;;/m0..../s1. The van der Waals surface area contributed by atoms with Gasteiger partial charge in [0.1, 0.15) is 0 Å². The molecule has 8 heteroatoms. The lowest BCUT2D eigenvalue weighted by molar-refractivity contribution is 0.0697. The third kappa shape index (κ3) is 8.84. The Morgan fingerprint density at radius 1 is 1.17 bits per heavy atom. The summed E-state index contributed by atoms with van der Waals surface area (Å²) in [6.45, 7) is 1.67. The van der Waals surface area contributed by atoms with Gasteiger partial charge in [0.2, 0.25) is 0 Å². The number of halogens is 2. The highest BCUT2D eigenvalue weighted by Crippen LogP contribution is 2.17. The molecule has 1 aromatic carbocycles. The topological polar surface area (TPSA) is 69.7 Å². The Hall–Kier alpha value is 0.340. The Morgan fingerprint density at radius 2 is 1.78 bits per heavy atom. The number of β-amino-alcohol motifs (C(OH)–C–C–N with tert-alkyl or cyclic N) is 1. The van der Waals surface area contributed by atoms with Gasteiger partial charge in [-0.05, 0) is 31.4 Å². The fourth-order valence-electron chi connectivity index (χ4n) is 2.74. The molecule has 0 amide bonds. The van der Waals surface area contributed by atoms with Crippen LogP contribution in [-0.2, 0) is 6.42 Å². The van der Waals surface area contributed by atoms with Crippen molar-refractivity contribution in [2.24, 2.45) is 5.73 Å². The van der Waals surface area contributed by atoms with Crippen molar-refractivity contribution in [3.63, 3.8) is 0 Å². The highest BCUT2D eigenvalue weighted by atomic mass is 35.5. The van der Waals surface area contributed by atoms with Crippen molar-refractivity contribution >= 4 is 51.8 Å². The summed E-state index contributed by atoms with van der Waals surface area (Å²) in [6, 6.07) is 9.92. The van der Waals surface area contributed by atoms with E-state index < -0.39 is 6.10 Å². The Bertz CT molecular complexity index is 391. The van der Waals surface area contributed by atoms with E-state index in [1.54, 1.807) is 0 Å². The SMILES string of the molecule is Cl.Cl.N[C@H](Cc1ccccc1)[C@@H](O)CN1CCC[C@H]1CO.S.S. The van der Waals surface area contributed by atoms with E-state index in [4.69, 9.17) is 5.73 Å². The van der Waals surface area contributed by atoms with Crippen LogP contribution >= 0.6 is 51.8 Å². The molecule has 3 atom stereocenters. The number of hydrogen-bond donors (Lipinski definition) is 3. The molecule has 1 fully saturated rings. The van der Waals surface area contributed by atoms with Crippen molar-refractivity contribution in [1.29, 1.82) is 0 Å². The van der Waals surface area contributed by atoms with Gasteiger partial charge in [0.05, 0.1) is 12.7 Å². The molecular weight excluding hydrogens is 375 g/mol. The van der Waals surface area contributed by atoms with Gasteiger partial charge in [-0.1, -0.05) is 30.3 Å². The van der Waals surface area contributed by atoms with Gasteiger partial charge in [0, 0.05) is 18.6 Å². The van der Waals surface area contributed by atoms with Crippen molar-refractivity contribution in [3.05, 3.63) is 35.9 Å². The summed E-state index contributed by atoms with van der Waals surface area (Å²) in [5.41, 5.74) is 7.22. The minimum Gasteiger partial charge on any atom is -0.395 e. The molecule has 0 spiro atoms. The van der Waals surface area contributed by atoms with Crippen LogP contribution in [0.25, 0.3) is 0 Å². The molecule has 1 heterocycles. The zero-order valence-corrected chi connectivity index (χ0v) is 16.7. The fraction of sp³-hybridized carbons (Fsp3) is 0.600. The summed E-state index contributed by atoms with van der Waals surface area (Å²) in [5, 5.41) is 19.5. The van der Waals surface area contributed by atoms with E-state index in [2.05, 4.69) is 4.90 Å². The Labute approximate surface area is 165 Å². The van der Waals surface area contributed by atoms with Crippen molar-refractivity contribution < 1.29 is 10.2 Å². The number of nitrogens with two attached hydrogens (primary N) is 1. The van der Waals surface area contributed by atoms with Crippen molar-refractivity contribution in [2.75, 3.05) is 19.7 Å². The van der Waals surface area contributed by atoms with E-state index in [1.807, 2.05) is 30.3 Å². The second-order valence-corrected chi connectivity index (χ2v) is 5.39. The summed E-state index contributed by atoms with van der Waals surface area (Å²) in [6.07, 6.45) is 2.23. The monoisotopic (exact) mass is 404 g/mol. The maximum atomic E-state index is 10.2. The highest BCUT2D eigenvalue weighted by molar-refractivity contribution is 7.59. The number of nitrogens with zero attached hydrogens (tertiary/aromatic N) is 1. The molecule has 4 nitrogen and oxygen atoms in total. The fourth-order valence-corrected chi connectivity index (χ4v) is 2.74. The Morgan fingerprint density at radius 3 is 2.35 bits per heavy atom. The first-order chi connectivity index (χ1) is 9.20.